The summed E-state index contributed by atoms with van der Waals surface area (Å²) in [5, 5.41) is 18.3. The maximum absolute atomic E-state index is 11.2. The van der Waals surface area contributed by atoms with Gasteiger partial charge in [0, 0.05) is 6.26 Å². The van der Waals surface area contributed by atoms with Crippen molar-refractivity contribution in [2.45, 2.75) is 18.2 Å². The highest BCUT2D eigenvalue weighted by Crippen LogP contribution is 1.98. The molecular formula is C7H15NO5S. The summed E-state index contributed by atoms with van der Waals surface area (Å²) in [6.07, 6.45) is 0.949. The maximum Gasteiger partial charge on any atom is 0.238 e. The largest absolute Gasteiger partial charge is 0.394 e. The molecule has 3 N–H and O–H groups in total. The predicted octanol–water partition coefficient (Wildman–Crippen LogP) is -2.11. The summed E-state index contributed by atoms with van der Waals surface area (Å²) in [5.74, 6) is -0.722. The summed E-state index contributed by atoms with van der Waals surface area (Å²) in [6.45, 7) is 0.383. The van der Waals surface area contributed by atoms with Gasteiger partial charge in [-0.3, -0.25) is 4.79 Å². The molecule has 0 aliphatic rings. The number of carbonyl (C=O) groups excluding carboxylic acids is 1. The molecule has 0 aliphatic heterocycles. The molecule has 0 aromatic heterocycles. The van der Waals surface area contributed by atoms with Crippen molar-refractivity contribution in [3.8, 4) is 0 Å². The molecule has 7 heteroatoms. The van der Waals surface area contributed by atoms with E-state index in [4.69, 9.17) is 10.2 Å². The molecule has 0 rings (SSSR count). The summed E-state index contributed by atoms with van der Waals surface area (Å²) in [4.78, 5) is 11.2. The van der Waals surface area contributed by atoms with E-state index >= 15 is 0 Å². The molecule has 14 heavy (non-hydrogen) atoms. The number of carbonyl (C=O) groups is 1. The minimum atomic E-state index is -3.44. The van der Waals surface area contributed by atoms with E-state index in [0.717, 1.165) is 6.26 Å². The van der Waals surface area contributed by atoms with Crippen molar-refractivity contribution in [3.05, 3.63) is 0 Å². The molecule has 0 aromatic rings. The van der Waals surface area contributed by atoms with Crippen LogP contribution in [0.5, 0.6) is 0 Å². The van der Waals surface area contributed by atoms with Gasteiger partial charge in [-0.15, -0.1) is 0 Å². The van der Waals surface area contributed by atoms with E-state index in [1.165, 1.54) is 6.92 Å². The van der Waals surface area contributed by atoms with Crippen molar-refractivity contribution in [1.29, 1.82) is 0 Å². The Labute approximate surface area is 82.9 Å². The summed E-state index contributed by atoms with van der Waals surface area (Å²) in [6, 6.07) is -0.813. The fraction of sp³-hybridized carbons (Fsp3) is 0.857. The normalized spacial score (nSPS) is 14.1. The van der Waals surface area contributed by atoms with E-state index in [0.29, 0.717) is 0 Å². The third-order valence-corrected chi connectivity index (χ3v) is 3.30. The molecule has 0 spiro atoms. The van der Waals surface area contributed by atoms with Crippen LogP contribution in [0.4, 0.5) is 0 Å². The van der Waals surface area contributed by atoms with Gasteiger partial charge < -0.3 is 15.5 Å². The van der Waals surface area contributed by atoms with Gasteiger partial charge in [-0.25, -0.2) is 8.42 Å². The van der Waals surface area contributed by atoms with Crippen LogP contribution in [0.2, 0.25) is 0 Å². The lowest BCUT2D eigenvalue weighted by Crippen LogP contribution is -2.46. The lowest BCUT2D eigenvalue weighted by atomic mass is 10.3. The second-order valence-corrected chi connectivity index (χ2v) is 5.41. The van der Waals surface area contributed by atoms with Gasteiger partial charge in [0.05, 0.1) is 19.3 Å². The third kappa shape index (κ3) is 4.03. The molecule has 0 saturated carbocycles. The SMILES string of the molecule is CC(C(=O)NC(CO)CO)S(C)(=O)=O. The zero-order chi connectivity index (χ0) is 11.4. The number of nitrogens with one attached hydrogen (secondary N) is 1. The van der Waals surface area contributed by atoms with Crippen molar-refractivity contribution >= 4 is 15.7 Å². The van der Waals surface area contributed by atoms with Gasteiger partial charge in [0.1, 0.15) is 5.25 Å². The highest BCUT2D eigenvalue weighted by atomic mass is 32.2. The van der Waals surface area contributed by atoms with Crippen molar-refractivity contribution in [1.82, 2.24) is 5.32 Å². The Morgan fingerprint density at radius 3 is 2.07 bits per heavy atom. The highest BCUT2D eigenvalue weighted by molar-refractivity contribution is 7.92. The van der Waals surface area contributed by atoms with Gasteiger partial charge in [0.25, 0.3) is 0 Å². The van der Waals surface area contributed by atoms with E-state index in [-0.39, 0.29) is 0 Å². The summed E-state index contributed by atoms with van der Waals surface area (Å²) >= 11 is 0. The summed E-state index contributed by atoms with van der Waals surface area (Å²) in [5.41, 5.74) is 0. The Morgan fingerprint density at radius 2 is 1.79 bits per heavy atom. The Kier molecular flexibility index (Phi) is 5.03. The van der Waals surface area contributed by atoms with Gasteiger partial charge in [-0.2, -0.15) is 0 Å². The number of aliphatic hydroxyl groups excluding tert-OH is 2. The van der Waals surface area contributed by atoms with Crippen LogP contribution in [-0.4, -0.2) is 55.3 Å². The smallest absolute Gasteiger partial charge is 0.238 e. The van der Waals surface area contributed by atoms with Gasteiger partial charge in [-0.05, 0) is 6.92 Å². The molecule has 1 atom stereocenters. The first-order valence-corrected chi connectivity index (χ1v) is 5.99. The van der Waals surface area contributed by atoms with Crippen LogP contribution in [0.25, 0.3) is 0 Å². The molecule has 6 nitrogen and oxygen atoms in total. The monoisotopic (exact) mass is 225 g/mol. The second kappa shape index (κ2) is 5.28. The number of rotatable bonds is 5. The van der Waals surface area contributed by atoms with Gasteiger partial charge in [0.2, 0.25) is 5.91 Å². The van der Waals surface area contributed by atoms with E-state index in [1.54, 1.807) is 0 Å². The van der Waals surface area contributed by atoms with Crippen LogP contribution >= 0.6 is 0 Å². The number of hydrogen-bond donors (Lipinski definition) is 3. The topological polar surface area (TPSA) is 104 Å². The fourth-order valence-electron chi connectivity index (χ4n) is 0.662. The lowest BCUT2D eigenvalue weighted by molar-refractivity contribution is -0.121. The van der Waals surface area contributed by atoms with E-state index in [9.17, 15) is 13.2 Å². The van der Waals surface area contributed by atoms with Crippen molar-refractivity contribution in [2.75, 3.05) is 19.5 Å². The lowest BCUT2D eigenvalue weighted by Gasteiger charge is -2.16. The predicted molar refractivity (Wildman–Crippen MR) is 50.4 cm³/mol. The first kappa shape index (κ1) is 13.3. The third-order valence-electron chi connectivity index (χ3n) is 1.80. The highest BCUT2D eigenvalue weighted by Gasteiger charge is 2.24. The minimum absolute atomic E-state index is 0.432. The zero-order valence-corrected chi connectivity index (χ0v) is 8.91. The molecular weight excluding hydrogens is 210 g/mol. The Bertz CT molecular complexity index is 282. The van der Waals surface area contributed by atoms with Crippen LogP contribution in [0.15, 0.2) is 0 Å². The second-order valence-electron chi connectivity index (χ2n) is 3.04. The van der Waals surface area contributed by atoms with Gasteiger partial charge in [-0.1, -0.05) is 0 Å². The first-order chi connectivity index (χ1) is 6.32. The first-order valence-electron chi connectivity index (χ1n) is 4.04. The van der Waals surface area contributed by atoms with E-state index in [2.05, 4.69) is 5.32 Å². The molecule has 0 aromatic carbocycles. The number of sulfone groups is 1. The average Bonchev–Trinajstić information content (AvgIpc) is 2.11. The van der Waals surface area contributed by atoms with Crippen molar-refractivity contribution in [2.24, 2.45) is 0 Å². The number of aliphatic hydroxyl groups is 2. The Morgan fingerprint density at radius 1 is 1.36 bits per heavy atom. The minimum Gasteiger partial charge on any atom is -0.394 e. The van der Waals surface area contributed by atoms with Gasteiger partial charge in [0.15, 0.2) is 9.84 Å². The molecule has 0 radical (unpaired) electrons. The van der Waals surface area contributed by atoms with E-state index in [1.807, 2.05) is 0 Å². The van der Waals surface area contributed by atoms with Crippen LogP contribution in [0, 0.1) is 0 Å². The molecule has 0 heterocycles. The van der Waals surface area contributed by atoms with Gasteiger partial charge >= 0.3 is 0 Å². The van der Waals surface area contributed by atoms with Crippen molar-refractivity contribution < 1.29 is 23.4 Å². The number of hydrogen-bond acceptors (Lipinski definition) is 5. The van der Waals surface area contributed by atoms with Crippen LogP contribution in [0.3, 0.4) is 0 Å². The fourth-order valence-corrected chi connectivity index (χ4v) is 1.12. The van der Waals surface area contributed by atoms with Crippen LogP contribution in [-0.2, 0) is 14.6 Å². The maximum atomic E-state index is 11.2. The summed E-state index contributed by atoms with van der Waals surface area (Å²) < 4.78 is 21.9. The summed E-state index contributed by atoms with van der Waals surface area (Å²) in [7, 11) is -3.44. The quantitative estimate of drug-likeness (QED) is 0.497. The molecule has 0 fully saturated rings. The molecule has 0 saturated heterocycles. The van der Waals surface area contributed by atoms with Crippen LogP contribution in [0.1, 0.15) is 6.92 Å². The zero-order valence-electron chi connectivity index (χ0n) is 8.10. The van der Waals surface area contributed by atoms with Crippen LogP contribution < -0.4 is 5.32 Å². The molecule has 84 valence electrons. The average molecular weight is 225 g/mol. The Balaban J connectivity index is 4.35. The molecule has 0 bridgehead atoms. The number of amides is 1. The Hall–Kier alpha value is -0.660. The molecule has 1 amide bonds. The standard InChI is InChI=1S/C7H15NO5S/c1-5(14(2,12)13)7(11)8-6(3-9)4-10/h5-6,9-10H,3-4H2,1-2H3,(H,8,11). The molecule has 0 aliphatic carbocycles. The molecule has 1 unspecified atom stereocenters. The van der Waals surface area contributed by atoms with Crippen molar-refractivity contribution in [3.63, 3.8) is 0 Å². The van der Waals surface area contributed by atoms with E-state index < -0.39 is 40.2 Å².